The van der Waals surface area contributed by atoms with Gasteiger partial charge in [-0.15, -0.1) is 0 Å². The van der Waals surface area contributed by atoms with Gasteiger partial charge < -0.3 is 19.1 Å². The molecule has 0 saturated carbocycles. The normalized spacial score (nSPS) is 20.3. The van der Waals surface area contributed by atoms with E-state index in [1.54, 1.807) is 7.11 Å². The number of hydrogen-bond acceptors (Lipinski definition) is 4. The highest BCUT2D eigenvalue weighted by molar-refractivity contribution is 5.79. The molecule has 0 bridgehead atoms. The van der Waals surface area contributed by atoms with Crippen LogP contribution >= 0.6 is 0 Å². The van der Waals surface area contributed by atoms with Gasteiger partial charge in [0.2, 0.25) is 5.91 Å². The number of methoxy groups -OCH3 is 1. The fourth-order valence-electron chi connectivity index (χ4n) is 3.24. The Hall–Kier alpha value is -1.75. The van der Waals surface area contributed by atoms with Crippen molar-refractivity contribution in [3.63, 3.8) is 0 Å². The van der Waals surface area contributed by atoms with E-state index in [2.05, 4.69) is 0 Å². The molecule has 0 spiro atoms. The average Bonchev–Trinajstić information content (AvgIpc) is 2.63. The summed E-state index contributed by atoms with van der Waals surface area (Å²) < 4.78 is 16.5. The summed E-state index contributed by atoms with van der Waals surface area (Å²) in [7, 11) is 1.65. The smallest absolute Gasteiger partial charge is 0.225 e. The third kappa shape index (κ3) is 4.16. The number of likely N-dealkylation sites (tertiary alicyclic amines) is 1. The number of nitrogens with zero attached hydrogens (tertiary/aromatic N) is 1. The molecule has 2 heterocycles. The van der Waals surface area contributed by atoms with Crippen LogP contribution in [0.3, 0.4) is 0 Å². The molecule has 3 rings (SSSR count). The van der Waals surface area contributed by atoms with Gasteiger partial charge in [0.15, 0.2) is 0 Å². The minimum atomic E-state index is 0.155. The highest BCUT2D eigenvalue weighted by Crippen LogP contribution is 2.24. The van der Waals surface area contributed by atoms with Gasteiger partial charge in [-0.2, -0.15) is 0 Å². The first kappa shape index (κ1) is 16.1. The van der Waals surface area contributed by atoms with E-state index in [0.29, 0.717) is 19.1 Å². The average molecular weight is 319 g/mol. The maximum atomic E-state index is 12.5. The second kappa shape index (κ2) is 7.68. The predicted octanol–water partition coefficient (Wildman–Crippen LogP) is 2.49. The van der Waals surface area contributed by atoms with Crippen LogP contribution in [0, 0.1) is 5.92 Å². The summed E-state index contributed by atoms with van der Waals surface area (Å²) in [6.45, 7) is 3.01. The lowest BCUT2D eigenvalue weighted by molar-refractivity contribution is -0.140. The summed E-state index contributed by atoms with van der Waals surface area (Å²) in [5, 5.41) is 0. The molecule has 5 nitrogen and oxygen atoms in total. The van der Waals surface area contributed by atoms with Crippen molar-refractivity contribution in [3.05, 3.63) is 24.3 Å². The minimum absolute atomic E-state index is 0.155. The van der Waals surface area contributed by atoms with E-state index < -0.39 is 0 Å². The number of benzene rings is 1. The van der Waals surface area contributed by atoms with Crippen LogP contribution in [-0.2, 0) is 9.53 Å². The van der Waals surface area contributed by atoms with Crippen molar-refractivity contribution in [1.29, 1.82) is 0 Å². The highest BCUT2D eigenvalue weighted by atomic mass is 16.5. The van der Waals surface area contributed by atoms with Gasteiger partial charge in [-0.3, -0.25) is 4.79 Å². The van der Waals surface area contributed by atoms with E-state index in [4.69, 9.17) is 14.2 Å². The Labute approximate surface area is 137 Å². The van der Waals surface area contributed by atoms with Gasteiger partial charge >= 0.3 is 0 Å². The standard InChI is InChI=1S/C18H25NO4/c1-21-15-2-4-16(5-3-15)23-17-6-10-19(11-7-17)18(20)14-8-12-22-13-9-14/h2-5,14,17H,6-13H2,1H3. The molecule has 0 aliphatic carbocycles. The largest absolute Gasteiger partial charge is 0.497 e. The fourth-order valence-corrected chi connectivity index (χ4v) is 3.24. The van der Waals surface area contributed by atoms with Gasteiger partial charge in [0.25, 0.3) is 0 Å². The number of amides is 1. The molecule has 126 valence electrons. The Morgan fingerprint density at radius 1 is 1.04 bits per heavy atom. The van der Waals surface area contributed by atoms with Crippen LogP contribution in [-0.4, -0.2) is 50.3 Å². The quantitative estimate of drug-likeness (QED) is 0.855. The Morgan fingerprint density at radius 2 is 1.65 bits per heavy atom. The van der Waals surface area contributed by atoms with E-state index in [-0.39, 0.29) is 12.0 Å². The van der Waals surface area contributed by atoms with Crippen molar-refractivity contribution in [2.75, 3.05) is 33.4 Å². The second-order valence-electron chi connectivity index (χ2n) is 6.20. The molecular formula is C18H25NO4. The first-order valence-electron chi connectivity index (χ1n) is 8.43. The maximum absolute atomic E-state index is 12.5. The van der Waals surface area contributed by atoms with Gasteiger partial charge in [-0.1, -0.05) is 0 Å². The van der Waals surface area contributed by atoms with Gasteiger partial charge in [0.1, 0.15) is 17.6 Å². The Kier molecular flexibility index (Phi) is 5.39. The Morgan fingerprint density at radius 3 is 2.26 bits per heavy atom. The van der Waals surface area contributed by atoms with Crippen LogP contribution in [0.25, 0.3) is 0 Å². The number of piperidine rings is 1. The molecule has 1 amide bonds. The first-order chi connectivity index (χ1) is 11.3. The van der Waals surface area contributed by atoms with Crippen molar-refractivity contribution in [2.45, 2.75) is 31.8 Å². The number of hydrogen-bond donors (Lipinski definition) is 0. The molecular weight excluding hydrogens is 294 g/mol. The predicted molar refractivity (Wildman–Crippen MR) is 86.8 cm³/mol. The van der Waals surface area contributed by atoms with Gasteiger partial charge in [-0.05, 0) is 37.1 Å². The number of carbonyl (C=O) groups is 1. The molecule has 2 aliphatic heterocycles. The fraction of sp³-hybridized carbons (Fsp3) is 0.611. The summed E-state index contributed by atoms with van der Waals surface area (Å²) >= 11 is 0. The molecule has 0 aromatic heterocycles. The van der Waals surface area contributed by atoms with Crippen LogP contribution in [0.15, 0.2) is 24.3 Å². The maximum Gasteiger partial charge on any atom is 0.225 e. The zero-order chi connectivity index (χ0) is 16.1. The lowest BCUT2D eigenvalue weighted by Crippen LogP contribution is -2.45. The van der Waals surface area contributed by atoms with Crippen molar-refractivity contribution in [2.24, 2.45) is 5.92 Å². The Balaban J connectivity index is 1.46. The van der Waals surface area contributed by atoms with Crippen molar-refractivity contribution in [1.82, 2.24) is 4.90 Å². The van der Waals surface area contributed by atoms with Crippen molar-refractivity contribution in [3.8, 4) is 11.5 Å². The lowest BCUT2D eigenvalue weighted by Gasteiger charge is -2.35. The molecule has 0 unspecified atom stereocenters. The van der Waals surface area contributed by atoms with Crippen molar-refractivity contribution >= 4 is 5.91 Å². The van der Waals surface area contributed by atoms with Crippen LogP contribution in [0.4, 0.5) is 0 Å². The monoisotopic (exact) mass is 319 g/mol. The van der Waals surface area contributed by atoms with E-state index in [9.17, 15) is 4.79 Å². The summed E-state index contributed by atoms with van der Waals surface area (Å²) in [6.07, 6.45) is 3.69. The zero-order valence-corrected chi connectivity index (χ0v) is 13.7. The molecule has 2 aliphatic rings. The molecule has 2 fully saturated rings. The molecule has 1 aromatic carbocycles. The minimum Gasteiger partial charge on any atom is -0.497 e. The van der Waals surface area contributed by atoms with Crippen LogP contribution in [0.1, 0.15) is 25.7 Å². The molecule has 0 atom stereocenters. The number of ether oxygens (including phenoxy) is 3. The SMILES string of the molecule is COc1ccc(OC2CCN(C(=O)C3CCOCC3)CC2)cc1. The highest BCUT2D eigenvalue weighted by Gasteiger charge is 2.29. The number of rotatable bonds is 4. The van der Waals surface area contributed by atoms with Gasteiger partial charge in [-0.25, -0.2) is 0 Å². The van der Waals surface area contributed by atoms with Crippen LogP contribution in [0.5, 0.6) is 11.5 Å². The van der Waals surface area contributed by atoms with Gasteiger partial charge in [0.05, 0.1) is 7.11 Å². The van der Waals surface area contributed by atoms with E-state index in [1.165, 1.54) is 0 Å². The van der Waals surface area contributed by atoms with Crippen molar-refractivity contribution < 1.29 is 19.0 Å². The summed E-state index contributed by atoms with van der Waals surface area (Å²) in [5.41, 5.74) is 0. The molecule has 23 heavy (non-hydrogen) atoms. The second-order valence-corrected chi connectivity index (χ2v) is 6.20. The molecule has 2 saturated heterocycles. The summed E-state index contributed by atoms with van der Waals surface area (Å²) in [5.74, 6) is 2.15. The molecule has 5 heteroatoms. The number of carbonyl (C=O) groups excluding carboxylic acids is 1. The van der Waals surface area contributed by atoms with E-state index in [1.807, 2.05) is 29.2 Å². The lowest BCUT2D eigenvalue weighted by atomic mass is 9.97. The van der Waals surface area contributed by atoms with E-state index in [0.717, 1.165) is 50.3 Å². The summed E-state index contributed by atoms with van der Waals surface area (Å²) in [4.78, 5) is 14.5. The summed E-state index contributed by atoms with van der Waals surface area (Å²) in [6, 6.07) is 7.66. The third-order valence-corrected chi connectivity index (χ3v) is 4.69. The van der Waals surface area contributed by atoms with Crippen LogP contribution in [0.2, 0.25) is 0 Å². The van der Waals surface area contributed by atoms with Crippen LogP contribution < -0.4 is 9.47 Å². The van der Waals surface area contributed by atoms with Gasteiger partial charge in [0, 0.05) is 45.1 Å². The Bertz CT molecular complexity index is 502. The molecule has 1 aromatic rings. The molecule has 0 N–H and O–H groups in total. The third-order valence-electron chi connectivity index (χ3n) is 4.69. The molecule has 0 radical (unpaired) electrons. The topological polar surface area (TPSA) is 48.0 Å². The van der Waals surface area contributed by atoms with E-state index >= 15 is 0 Å². The zero-order valence-electron chi connectivity index (χ0n) is 13.7. The first-order valence-corrected chi connectivity index (χ1v) is 8.43.